The molecule has 1 heterocycles. The van der Waals surface area contributed by atoms with Gasteiger partial charge in [-0.3, -0.25) is 9.69 Å². The van der Waals surface area contributed by atoms with Crippen molar-refractivity contribution in [2.24, 2.45) is 0 Å². The van der Waals surface area contributed by atoms with Crippen molar-refractivity contribution in [2.75, 3.05) is 25.0 Å². The molecule has 5 heteroatoms. The van der Waals surface area contributed by atoms with E-state index in [9.17, 15) is 9.18 Å². The van der Waals surface area contributed by atoms with Crippen LogP contribution in [0.2, 0.25) is 0 Å². The predicted octanol–water partition coefficient (Wildman–Crippen LogP) is 1.45. The van der Waals surface area contributed by atoms with Crippen LogP contribution in [0.3, 0.4) is 0 Å². The molecule has 1 saturated heterocycles. The Hall–Kier alpha value is -1.46. The third kappa shape index (κ3) is 4.01. The summed E-state index contributed by atoms with van der Waals surface area (Å²) >= 11 is 0. The Labute approximate surface area is 113 Å². The van der Waals surface area contributed by atoms with E-state index in [1.54, 1.807) is 12.1 Å². The zero-order valence-electron chi connectivity index (χ0n) is 11.3. The zero-order chi connectivity index (χ0) is 13.8. The number of carbonyl (C=O) groups excluding carboxylic acids is 1. The predicted molar refractivity (Wildman–Crippen MR) is 73.5 cm³/mol. The standard InChI is InChI=1S/C14H20FN3O/c1-10-8-18(11(2)7-16-10)9-14(19)17-13-5-3-12(15)4-6-13/h3-6,10-11,16H,7-9H2,1-2H3,(H,17,19). The monoisotopic (exact) mass is 265 g/mol. The van der Waals surface area contributed by atoms with Crippen molar-refractivity contribution in [3.05, 3.63) is 30.1 Å². The summed E-state index contributed by atoms with van der Waals surface area (Å²) in [4.78, 5) is 14.1. The molecule has 2 unspecified atom stereocenters. The normalized spacial score (nSPS) is 24.2. The lowest BCUT2D eigenvalue weighted by molar-refractivity contribution is -0.118. The molecule has 2 rings (SSSR count). The second-order valence-electron chi connectivity index (χ2n) is 5.14. The van der Waals surface area contributed by atoms with Crippen LogP contribution in [0.4, 0.5) is 10.1 Å². The quantitative estimate of drug-likeness (QED) is 0.869. The van der Waals surface area contributed by atoms with Crippen LogP contribution < -0.4 is 10.6 Å². The first-order valence-corrected chi connectivity index (χ1v) is 6.57. The van der Waals surface area contributed by atoms with Crippen LogP contribution in [0, 0.1) is 5.82 Å². The maximum absolute atomic E-state index is 12.8. The molecule has 1 aromatic carbocycles. The molecule has 19 heavy (non-hydrogen) atoms. The van der Waals surface area contributed by atoms with Gasteiger partial charge in [-0.1, -0.05) is 0 Å². The molecular weight excluding hydrogens is 245 g/mol. The van der Waals surface area contributed by atoms with Crippen LogP contribution in [-0.2, 0) is 4.79 Å². The van der Waals surface area contributed by atoms with E-state index in [0.29, 0.717) is 24.3 Å². The first-order valence-electron chi connectivity index (χ1n) is 6.57. The zero-order valence-corrected chi connectivity index (χ0v) is 11.3. The van der Waals surface area contributed by atoms with E-state index in [0.717, 1.165) is 13.1 Å². The smallest absolute Gasteiger partial charge is 0.238 e. The molecule has 2 atom stereocenters. The topological polar surface area (TPSA) is 44.4 Å². The summed E-state index contributed by atoms with van der Waals surface area (Å²) in [6.45, 7) is 6.33. The van der Waals surface area contributed by atoms with Gasteiger partial charge >= 0.3 is 0 Å². The van der Waals surface area contributed by atoms with E-state index < -0.39 is 0 Å². The second-order valence-corrected chi connectivity index (χ2v) is 5.14. The Morgan fingerprint density at radius 3 is 2.79 bits per heavy atom. The Morgan fingerprint density at radius 2 is 2.11 bits per heavy atom. The fourth-order valence-electron chi connectivity index (χ4n) is 2.24. The van der Waals surface area contributed by atoms with Gasteiger partial charge in [0.2, 0.25) is 5.91 Å². The fraction of sp³-hybridized carbons (Fsp3) is 0.500. The summed E-state index contributed by atoms with van der Waals surface area (Å²) in [6.07, 6.45) is 0. The largest absolute Gasteiger partial charge is 0.325 e. The van der Waals surface area contributed by atoms with E-state index in [1.165, 1.54) is 12.1 Å². The molecule has 1 aromatic rings. The molecule has 0 aliphatic carbocycles. The minimum absolute atomic E-state index is 0.0624. The van der Waals surface area contributed by atoms with Crippen LogP contribution in [-0.4, -0.2) is 42.5 Å². The van der Waals surface area contributed by atoms with Crippen LogP contribution in [0.1, 0.15) is 13.8 Å². The minimum Gasteiger partial charge on any atom is -0.325 e. The van der Waals surface area contributed by atoms with Gasteiger partial charge in [0.05, 0.1) is 6.54 Å². The van der Waals surface area contributed by atoms with Gasteiger partial charge in [-0.2, -0.15) is 0 Å². The number of amides is 1. The Kier molecular flexibility index (Phi) is 4.50. The van der Waals surface area contributed by atoms with Gasteiger partial charge in [0.25, 0.3) is 0 Å². The lowest BCUT2D eigenvalue weighted by Gasteiger charge is -2.36. The summed E-state index contributed by atoms with van der Waals surface area (Å²) in [7, 11) is 0. The highest BCUT2D eigenvalue weighted by Gasteiger charge is 2.23. The third-order valence-electron chi connectivity index (χ3n) is 3.37. The summed E-state index contributed by atoms with van der Waals surface area (Å²) in [5.41, 5.74) is 0.627. The number of carbonyl (C=O) groups is 1. The van der Waals surface area contributed by atoms with Gasteiger partial charge in [-0.15, -0.1) is 0 Å². The highest BCUT2D eigenvalue weighted by molar-refractivity contribution is 5.92. The molecule has 0 spiro atoms. The van der Waals surface area contributed by atoms with Crippen molar-refractivity contribution >= 4 is 11.6 Å². The number of hydrogen-bond acceptors (Lipinski definition) is 3. The fourth-order valence-corrected chi connectivity index (χ4v) is 2.24. The number of piperazine rings is 1. The third-order valence-corrected chi connectivity index (χ3v) is 3.37. The van der Waals surface area contributed by atoms with Crippen LogP contribution >= 0.6 is 0 Å². The van der Waals surface area contributed by atoms with Gasteiger partial charge in [-0.25, -0.2) is 4.39 Å². The Bertz CT molecular complexity index is 435. The molecule has 1 fully saturated rings. The highest BCUT2D eigenvalue weighted by atomic mass is 19.1. The van der Waals surface area contributed by atoms with E-state index >= 15 is 0 Å². The number of rotatable bonds is 3. The summed E-state index contributed by atoms with van der Waals surface area (Å²) < 4.78 is 12.8. The number of anilines is 1. The number of halogens is 1. The summed E-state index contributed by atoms with van der Waals surface area (Å²) in [5, 5.41) is 6.16. The van der Waals surface area contributed by atoms with E-state index in [4.69, 9.17) is 0 Å². The van der Waals surface area contributed by atoms with E-state index in [-0.39, 0.29) is 11.7 Å². The maximum atomic E-state index is 12.8. The number of nitrogens with zero attached hydrogens (tertiary/aromatic N) is 1. The van der Waals surface area contributed by atoms with Crippen LogP contribution in [0.5, 0.6) is 0 Å². The molecule has 1 aliphatic heterocycles. The number of benzene rings is 1. The molecule has 0 aromatic heterocycles. The summed E-state index contributed by atoms with van der Waals surface area (Å²) in [5.74, 6) is -0.366. The average molecular weight is 265 g/mol. The van der Waals surface area contributed by atoms with Crippen LogP contribution in [0.25, 0.3) is 0 Å². The van der Waals surface area contributed by atoms with Crippen molar-refractivity contribution in [3.63, 3.8) is 0 Å². The molecule has 0 saturated carbocycles. The lowest BCUT2D eigenvalue weighted by atomic mass is 10.1. The average Bonchev–Trinajstić information content (AvgIpc) is 2.37. The Balaban J connectivity index is 1.88. The van der Waals surface area contributed by atoms with Gasteiger partial charge in [0, 0.05) is 30.9 Å². The van der Waals surface area contributed by atoms with Gasteiger partial charge < -0.3 is 10.6 Å². The van der Waals surface area contributed by atoms with Crippen molar-refractivity contribution in [3.8, 4) is 0 Å². The summed E-state index contributed by atoms with van der Waals surface area (Å²) in [6, 6.07) is 6.55. The molecule has 1 aliphatic rings. The number of hydrogen-bond donors (Lipinski definition) is 2. The Morgan fingerprint density at radius 1 is 1.42 bits per heavy atom. The van der Waals surface area contributed by atoms with Gasteiger partial charge in [0.1, 0.15) is 5.82 Å². The first-order chi connectivity index (χ1) is 9.04. The molecular formula is C14H20FN3O. The van der Waals surface area contributed by atoms with Crippen molar-refractivity contribution in [1.82, 2.24) is 10.2 Å². The first kappa shape index (κ1) is 14.0. The SMILES string of the molecule is CC1CN(CC(=O)Nc2ccc(F)cc2)C(C)CN1. The van der Waals surface area contributed by atoms with E-state index in [1.807, 2.05) is 0 Å². The maximum Gasteiger partial charge on any atom is 0.238 e. The van der Waals surface area contributed by atoms with Crippen molar-refractivity contribution in [2.45, 2.75) is 25.9 Å². The van der Waals surface area contributed by atoms with Gasteiger partial charge in [-0.05, 0) is 38.1 Å². The number of nitrogens with one attached hydrogen (secondary N) is 2. The molecule has 1 amide bonds. The van der Waals surface area contributed by atoms with Crippen LogP contribution in [0.15, 0.2) is 24.3 Å². The molecule has 0 radical (unpaired) electrons. The second kappa shape index (κ2) is 6.12. The highest BCUT2D eigenvalue weighted by Crippen LogP contribution is 2.10. The van der Waals surface area contributed by atoms with Crippen molar-refractivity contribution in [1.29, 1.82) is 0 Å². The van der Waals surface area contributed by atoms with Gasteiger partial charge in [0.15, 0.2) is 0 Å². The molecule has 104 valence electrons. The molecule has 4 nitrogen and oxygen atoms in total. The van der Waals surface area contributed by atoms with E-state index in [2.05, 4.69) is 29.4 Å². The minimum atomic E-state index is -0.303. The molecule has 0 bridgehead atoms. The molecule has 2 N–H and O–H groups in total. The lowest BCUT2D eigenvalue weighted by Crippen LogP contribution is -2.55. The van der Waals surface area contributed by atoms with Crippen molar-refractivity contribution < 1.29 is 9.18 Å².